The van der Waals surface area contributed by atoms with Crippen LogP contribution in [-0.2, 0) is 0 Å². The molecule has 1 saturated heterocycles. The van der Waals surface area contributed by atoms with Crippen LogP contribution in [0.5, 0.6) is 0 Å². The van der Waals surface area contributed by atoms with E-state index in [2.05, 4.69) is 28.3 Å². The summed E-state index contributed by atoms with van der Waals surface area (Å²) in [4.78, 5) is 19.7. The Morgan fingerprint density at radius 3 is 2.64 bits per heavy atom. The van der Waals surface area contributed by atoms with Gasteiger partial charge >= 0.3 is 0 Å². The van der Waals surface area contributed by atoms with Crippen molar-refractivity contribution in [1.82, 2.24) is 24.5 Å². The van der Waals surface area contributed by atoms with Gasteiger partial charge in [0.15, 0.2) is 0 Å². The second kappa shape index (κ2) is 6.78. The van der Waals surface area contributed by atoms with E-state index in [1.54, 1.807) is 4.40 Å². The van der Waals surface area contributed by atoms with Gasteiger partial charge in [0.05, 0.1) is 5.54 Å². The molecule has 1 amide bonds. The Morgan fingerprint density at radius 2 is 1.96 bits per heavy atom. The Hall–Kier alpha value is -2.50. The lowest BCUT2D eigenvalue weighted by molar-refractivity contribution is 0.0317. The Labute approximate surface area is 148 Å². The Morgan fingerprint density at radius 1 is 1.24 bits per heavy atom. The minimum Gasteiger partial charge on any atom is -0.330 e. The van der Waals surface area contributed by atoms with Crippen molar-refractivity contribution in [3.05, 3.63) is 48.6 Å². The summed E-state index contributed by atoms with van der Waals surface area (Å²) in [5, 5.41) is 8.28. The first-order chi connectivity index (χ1) is 12.0. The summed E-state index contributed by atoms with van der Waals surface area (Å²) in [6, 6.07) is 1.93. The maximum absolute atomic E-state index is 13.4. The Bertz CT molecular complexity index is 813. The number of piperidine rings is 1. The average Bonchev–Trinajstić information content (AvgIpc) is 2.99. The van der Waals surface area contributed by atoms with E-state index >= 15 is 0 Å². The Kier molecular flexibility index (Phi) is 4.70. The van der Waals surface area contributed by atoms with Crippen LogP contribution < -0.4 is 0 Å². The molecule has 0 aliphatic carbocycles. The first kappa shape index (κ1) is 17.3. The number of hydrogen-bond donors (Lipinski definition) is 0. The van der Waals surface area contributed by atoms with Gasteiger partial charge in [-0.3, -0.25) is 9.20 Å². The number of amides is 1. The molecule has 2 aromatic rings. The second-order valence-corrected chi connectivity index (χ2v) is 6.82. The van der Waals surface area contributed by atoms with Gasteiger partial charge in [-0.25, -0.2) is 4.98 Å². The molecule has 0 bridgehead atoms. The van der Waals surface area contributed by atoms with Crippen LogP contribution in [0.2, 0.25) is 0 Å². The molecule has 1 fully saturated rings. The molecule has 0 aromatic carbocycles. The van der Waals surface area contributed by atoms with Crippen LogP contribution in [0.15, 0.2) is 31.4 Å². The standard InChI is InChI=1S/C19H25N5O/c1-5-9-19(10-6-2)11-7-8-12-23(19)17(25)16-21-22-18-20-14(3)13-15(4)24(16)18/h5-6,13H,1-2,7-12H2,3-4H3. The zero-order valence-corrected chi connectivity index (χ0v) is 15.0. The molecular weight excluding hydrogens is 314 g/mol. The van der Waals surface area contributed by atoms with Crippen molar-refractivity contribution in [2.45, 2.75) is 51.5 Å². The zero-order valence-electron chi connectivity index (χ0n) is 15.0. The summed E-state index contributed by atoms with van der Waals surface area (Å²) >= 11 is 0. The molecule has 3 heterocycles. The van der Waals surface area contributed by atoms with Crippen molar-refractivity contribution in [3.8, 4) is 0 Å². The highest BCUT2D eigenvalue weighted by atomic mass is 16.2. The monoisotopic (exact) mass is 339 g/mol. The Balaban J connectivity index is 2.06. The van der Waals surface area contributed by atoms with Crippen LogP contribution in [0.25, 0.3) is 5.78 Å². The molecule has 132 valence electrons. The molecule has 6 nitrogen and oxygen atoms in total. The van der Waals surface area contributed by atoms with E-state index in [4.69, 9.17) is 0 Å². The average molecular weight is 339 g/mol. The molecule has 0 atom stereocenters. The highest BCUT2D eigenvalue weighted by molar-refractivity contribution is 5.92. The fourth-order valence-corrected chi connectivity index (χ4v) is 3.95. The summed E-state index contributed by atoms with van der Waals surface area (Å²) in [5.41, 5.74) is 1.50. The van der Waals surface area contributed by atoms with Gasteiger partial charge in [-0.15, -0.1) is 23.4 Å². The van der Waals surface area contributed by atoms with Crippen molar-refractivity contribution >= 4 is 11.7 Å². The summed E-state index contributed by atoms with van der Waals surface area (Å²) in [7, 11) is 0. The number of carbonyl (C=O) groups excluding carboxylic acids is 1. The van der Waals surface area contributed by atoms with Crippen molar-refractivity contribution in [2.24, 2.45) is 0 Å². The van der Waals surface area contributed by atoms with Crippen molar-refractivity contribution < 1.29 is 4.79 Å². The lowest BCUT2D eigenvalue weighted by Gasteiger charge is -2.46. The third kappa shape index (κ3) is 2.97. The van der Waals surface area contributed by atoms with Gasteiger partial charge in [-0.1, -0.05) is 12.2 Å². The van der Waals surface area contributed by atoms with E-state index in [9.17, 15) is 4.79 Å². The summed E-state index contributed by atoms with van der Waals surface area (Å²) < 4.78 is 1.75. The number of likely N-dealkylation sites (tertiary alicyclic amines) is 1. The molecule has 0 saturated carbocycles. The maximum atomic E-state index is 13.4. The van der Waals surface area contributed by atoms with Gasteiger partial charge in [-0.2, -0.15) is 0 Å². The third-order valence-electron chi connectivity index (χ3n) is 5.02. The smallest absolute Gasteiger partial charge is 0.292 e. The molecule has 1 aliphatic rings. The van der Waals surface area contributed by atoms with Crippen LogP contribution in [-0.4, -0.2) is 42.5 Å². The predicted octanol–water partition coefficient (Wildman–Crippen LogP) is 3.26. The number of hydrogen-bond acceptors (Lipinski definition) is 4. The zero-order chi connectivity index (χ0) is 18.0. The number of aryl methyl sites for hydroxylation is 2. The van der Waals surface area contributed by atoms with E-state index in [1.165, 1.54) is 0 Å². The summed E-state index contributed by atoms with van der Waals surface area (Å²) in [6.07, 6.45) is 8.33. The van der Waals surface area contributed by atoms with Crippen molar-refractivity contribution in [3.63, 3.8) is 0 Å². The molecule has 0 unspecified atom stereocenters. The van der Waals surface area contributed by atoms with Crippen LogP contribution >= 0.6 is 0 Å². The first-order valence-electron chi connectivity index (χ1n) is 8.75. The van der Waals surface area contributed by atoms with Crippen molar-refractivity contribution in [1.29, 1.82) is 0 Å². The molecular formula is C19H25N5O. The van der Waals surface area contributed by atoms with Crippen LogP contribution in [0.1, 0.15) is 54.1 Å². The fourth-order valence-electron chi connectivity index (χ4n) is 3.95. The van der Waals surface area contributed by atoms with Crippen LogP contribution in [0, 0.1) is 13.8 Å². The third-order valence-corrected chi connectivity index (χ3v) is 5.02. The van der Waals surface area contributed by atoms with Gasteiger partial charge in [0.1, 0.15) is 0 Å². The van der Waals surface area contributed by atoms with E-state index in [-0.39, 0.29) is 11.4 Å². The number of nitrogens with zero attached hydrogens (tertiary/aromatic N) is 5. The van der Waals surface area contributed by atoms with Crippen molar-refractivity contribution in [2.75, 3.05) is 6.54 Å². The normalized spacial score (nSPS) is 16.8. The molecule has 0 N–H and O–H groups in total. The van der Waals surface area contributed by atoms with E-state index < -0.39 is 0 Å². The minimum absolute atomic E-state index is 0.0929. The van der Waals surface area contributed by atoms with Gasteiger partial charge in [0.25, 0.3) is 11.7 Å². The second-order valence-electron chi connectivity index (χ2n) is 6.82. The van der Waals surface area contributed by atoms with Gasteiger partial charge in [-0.05, 0) is 52.0 Å². The van der Waals surface area contributed by atoms with Gasteiger partial charge < -0.3 is 4.90 Å². The van der Waals surface area contributed by atoms with E-state index in [0.29, 0.717) is 18.1 Å². The largest absolute Gasteiger partial charge is 0.330 e. The SMILES string of the molecule is C=CCC1(CC=C)CCCCN1C(=O)c1nnc2nc(C)cc(C)n12. The fraction of sp³-hybridized carbons (Fsp3) is 0.474. The van der Waals surface area contributed by atoms with E-state index in [0.717, 1.165) is 43.5 Å². The lowest BCUT2D eigenvalue weighted by atomic mass is 9.80. The molecule has 2 aromatic heterocycles. The predicted molar refractivity (Wildman–Crippen MR) is 97.5 cm³/mol. The quantitative estimate of drug-likeness (QED) is 0.784. The molecule has 3 rings (SSSR count). The molecule has 25 heavy (non-hydrogen) atoms. The lowest BCUT2D eigenvalue weighted by Crippen LogP contribution is -2.54. The molecule has 1 aliphatic heterocycles. The number of fused-ring (bicyclic) bond motifs is 1. The highest BCUT2D eigenvalue weighted by Gasteiger charge is 2.41. The summed E-state index contributed by atoms with van der Waals surface area (Å²) in [5.74, 6) is 0.708. The van der Waals surface area contributed by atoms with Gasteiger partial charge in [0, 0.05) is 17.9 Å². The molecule has 0 spiro atoms. The van der Waals surface area contributed by atoms with Gasteiger partial charge in [0.2, 0.25) is 5.82 Å². The van der Waals surface area contributed by atoms with Crippen LogP contribution in [0.3, 0.4) is 0 Å². The summed E-state index contributed by atoms with van der Waals surface area (Å²) in [6.45, 7) is 12.4. The number of aromatic nitrogens is 4. The highest BCUT2D eigenvalue weighted by Crippen LogP contribution is 2.36. The minimum atomic E-state index is -0.267. The topological polar surface area (TPSA) is 63.4 Å². The number of rotatable bonds is 5. The van der Waals surface area contributed by atoms with E-state index in [1.807, 2.05) is 37.0 Å². The maximum Gasteiger partial charge on any atom is 0.292 e. The number of carbonyl (C=O) groups is 1. The molecule has 0 radical (unpaired) electrons. The first-order valence-corrected chi connectivity index (χ1v) is 8.75. The van der Waals surface area contributed by atoms with Crippen LogP contribution in [0.4, 0.5) is 0 Å². The molecule has 6 heteroatoms.